The molecule has 0 aliphatic rings. The number of rotatable bonds is 3. The molecule has 1 N–H and O–H groups in total. The molecule has 2 aromatic rings. The normalized spacial score (nSPS) is 11.3. The number of nitrogens with one attached hydrogen (secondary N) is 1. The van der Waals surface area contributed by atoms with Crippen LogP contribution in [0, 0.1) is 18.6 Å². The van der Waals surface area contributed by atoms with E-state index in [1.807, 2.05) is 13.8 Å². The number of nitrogens with zero attached hydrogens (tertiary/aromatic N) is 1. The van der Waals surface area contributed by atoms with Gasteiger partial charge in [-0.1, -0.05) is 13.8 Å². The number of aryl methyl sites for hydroxylation is 1. The van der Waals surface area contributed by atoms with Gasteiger partial charge in [-0.05, 0) is 37.5 Å². The Kier molecular flexibility index (Phi) is 3.69. The van der Waals surface area contributed by atoms with Crippen molar-refractivity contribution in [1.29, 1.82) is 0 Å². The first-order valence-corrected chi connectivity index (χ1v) is 6.49. The summed E-state index contributed by atoms with van der Waals surface area (Å²) in [5, 5.41) is 3.89. The number of pyridine rings is 1. The number of hydrogen-bond acceptors (Lipinski definition) is 2. The lowest BCUT2D eigenvalue weighted by atomic mass is 9.96. The highest BCUT2D eigenvalue weighted by Gasteiger charge is 2.18. The zero-order valence-electron chi connectivity index (χ0n) is 11.6. The van der Waals surface area contributed by atoms with E-state index in [0.29, 0.717) is 5.39 Å². The minimum absolute atomic E-state index is 0.0952. The number of hydrogen-bond donors (Lipinski definition) is 1. The van der Waals surface area contributed by atoms with E-state index < -0.39 is 11.6 Å². The molecule has 0 amide bonds. The number of fused-ring (bicyclic) bond motifs is 1. The van der Waals surface area contributed by atoms with E-state index in [2.05, 4.69) is 24.1 Å². The molecule has 0 aliphatic heterocycles. The van der Waals surface area contributed by atoms with Crippen LogP contribution in [-0.2, 0) is 0 Å². The Morgan fingerprint density at radius 1 is 1.26 bits per heavy atom. The molecular weight excluding hydrogens is 246 g/mol. The van der Waals surface area contributed by atoms with Crippen molar-refractivity contribution < 1.29 is 8.78 Å². The molecular formula is C15H18F2N2. The fraction of sp³-hybridized carbons (Fsp3) is 0.400. The van der Waals surface area contributed by atoms with Crippen molar-refractivity contribution in [3.8, 4) is 0 Å². The average molecular weight is 264 g/mol. The Morgan fingerprint density at radius 3 is 2.53 bits per heavy atom. The number of anilines is 1. The second-order valence-electron chi connectivity index (χ2n) is 4.93. The Labute approximate surface area is 111 Å². The maximum absolute atomic E-state index is 13.9. The molecule has 1 aromatic heterocycles. The van der Waals surface area contributed by atoms with Crippen LogP contribution >= 0.6 is 0 Å². The molecule has 0 saturated carbocycles. The Balaban J connectivity index is 2.88. The summed E-state index contributed by atoms with van der Waals surface area (Å²) in [6.07, 6.45) is 0. The Morgan fingerprint density at radius 2 is 1.95 bits per heavy atom. The monoisotopic (exact) mass is 264 g/mol. The van der Waals surface area contributed by atoms with E-state index in [9.17, 15) is 8.78 Å². The smallest absolute Gasteiger partial charge is 0.185 e. The van der Waals surface area contributed by atoms with Crippen molar-refractivity contribution >= 4 is 16.6 Å². The third-order valence-electron chi connectivity index (χ3n) is 3.21. The van der Waals surface area contributed by atoms with E-state index in [4.69, 9.17) is 0 Å². The maximum atomic E-state index is 13.9. The van der Waals surface area contributed by atoms with E-state index in [-0.39, 0.29) is 11.4 Å². The first-order chi connectivity index (χ1) is 8.97. The number of halogens is 2. The van der Waals surface area contributed by atoms with Crippen LogP contribution < -0.4 is 5.32 Å². The summed E-state index contributed by atoms with van der Waals surface area (Å²) in [6.45, 7) is 8.66. The third-order valence-corrected chi connectivity index (χ3v) is 3.21. The van der Waals surface area contributed by atoms with Gasteiger partial charge in [0.25, 0.3) is 0 Å². The highest BCUT2D eigenvalue weighted by molar-refractivity contribution is 5.94. The molecule has 0 aliphatic carbocycles. The van der Waals surface area contributed by atoms with Gasteiger partial charge in [-0.2, -0.15) is 0 Å². The van der Waals surface area contributed by atoms with Crippen LogP contribution in [0.2, 0.25) is 0 Å². The van der Waals surface area contributed by atoms with Crippen LogP contribution in [0.25, 0.3) is 10.9 Å². The highest BCUT2D eigenvalue weighted by atomic mass is 19.2. The van der Waals surface area contributed by atoms with Gasteiger partial charge in [0, 0.05) is 23.3 Å². The number of benzene rings is 1. The standard InChI is InChI=1S/C15H18F2N2/c1-5-18-14-10-6-7-11(16)13(17)15(10)19-9(4)12(14)8(2)3/h6-8H,5H2,1-4H3,(H,18,19). The van der Waals surface area contributed by atoms with Crippen molar-refractivity contribution in [2.75, 3.05) is 11.9 Å². The summed E-state index contributed by atoms with van der Waals surface area (Å²) < 4.78 is 27.2. The van der Waals surface area contributed by atoms with E-state index in [1.165, 1.54) is 0 Å². The first kappa shape index (κ1) is 13.7. The van der Waals surface area contributed by atoms with Gasteiger partial charge >= 0.3 is 0 Å². The zero-order chi connectivity index (χ0) is 14.2. The van der Waals surface area contributed by atoms with Crippen LogP contribution in [0.5, 0.6) is 0 Å². The molecule has 19 heavy (non-hydrogen) atoms. The van der Waals surface area contributed by atoms with Crippen LogP contribution in [0.15, 0.2) is 12.1 Å². The van der Waals surface area contributed by atoms with Crippen molar-refractivity contribution in [3.63, 3.8) is 0 Å². The predicted molar refractivity (Wildman–Crippen MR) is 74.6 cm³/mol. The second-order valence-corrected chi connectivity index (χ2v) is 4.93. The van der Waals surface area contributed by atoms with Crippen molar-refractivity contribution in [2.45, 2.75) is 33.6 Å². The molecule has 0 fully saturated rings. The van der Waals surface area contributed by atoms with Gasteiger partial charge in [0.05, 0.1) is 0 Å². The molecule has 0 atom stereocenters. The Hall–Kier alpha value is -1.71. The molecule has 0 saturated heterocycles. The summed E-state index contributed by atoms with van der Waals surface area (Å²) in [5.74, 6) is -1.48. The largest absolute Gasteiger partial charge is 0.384 e. The molecule has 0 radical (unpaired) electrons. The van der Waals surface area contributed by atoms with Gasteiger partial charge < -0.3 is 5.32 Å². The van der Waals surface area contributed by atoms with E-state index in [1.54, 1.807) is 6.07 Å². The summed E-state index contributed by atoms with van der Waals surface area (Å²) in [7, 11) is 0. The van der Waals surface area contributed by atoms with Gasteiger partial charge in [-0.3, -0.25) is 0 Å². The summed E-state index contributed by atoms with van der Waals surface area (Å²) in [4.78, 5) is 4.25. The fourth-order valence-electron chi connectivity index (χ4n) is 2.48. The molecule has 2 nitrogen and oxygen atoms in total. The van der Waals surface area contributed by atoms with Gasteiger partial charge in [0.1, 0.15) is 5.52 Å². The molecule has 4 heteroatoms. The summed E-state index contributed by atoms with van der Waals surface area (Å²) in [5.41, 5.74) is 2.75. The lowest BCUT2D eigenvalue weighted by Gasteiger charge is -2.19. The molecule has 102 valence electrons. The molecule has 0 unspecified atom stereocenters. The van der Waals surface area contributed by atoms with Gasteiger partial charge in [0.2, 0.25) is 0 Å². The quantitative estimate of drug-likeness (QED) is 0.890. The first-order valence-electron chi connectivity index (χ1n) is 6.49. The maximum Gasteiger partial charge on any atom is 0.185 e. The fourth-order valence-corrected chi connectivity index (χ4v) is 2.48. The average Bonchev–Trinajstić information content (AvgIpc) is 2.34. The molecule has 0 spiro atoms. The molecule has 0 bridgehead atoms. The SMILES string of the molecule is CCNc1c(C(C)C)c(C)nc2c(F)c(F)ccc12. The summed E-state index contributed by atoms with van der Waals surface area (Å²) in [6, 6.07) is 2.74. The molecule has 1 aromatic carbocycles. The summed E-state index contributed by atoms with van der Waals surface area (Å²) >= 11 is 0. The van der Waals surface area contributed by atoms with Crippen LogP contribution in [0.1, 0.15) is 37.9 Å². The topological polar surface area (TPSA) is 24.9 Å². The van der Waals surface area contributed by atoms with Crippen molar-refractivity contribution in [3.05, 3.63) is 35.0 Å². The van der Waals surface area contributed by atoms with Crippen molar-refractivity contribution in [1.82, 2.24) is 4.98 Å². The van der Waals surface area contributed by atoms with Gasteiger partial charge in [-0.15, -0.1) is 0 Å². The minimum Gasteiger partial charge on any atom is -0.384 e. The minimum atomic E-state index is -0.880. The van der Waals surface area contributed by atoms with Crippen LogP contribution in [0.3, 0.4) is 0 Å². The number of aromatic nitrogens is 1. The van der Waals surface area contributed by atoms with Crippen LogP contribution in [0.4, 0.5) is 14.5 Å². The lowest BCUT2D eigenvalue weighted by molar-refractivity contribution is 0.515. The predicted octanol–water partition coefficient (Wildman–Crippen LogP) is 4.38. The van der Waals surface area contributed by atoms with Gasteiger partial charge in [0.15, 0.2) is 11.6 Å². The zero-order valence-corrected chi connectivity index (χ0v) is 11.6. The second kappa shape index (κ2) is 5.11. The van der Waals surface area contributed by atoms with E-state index in [0.717, 1.165) is 29.6 Å². The highest BCUT2D eigenvalue weighted by Crippen LogP contribution is 2.34. The molecule has 1 heterocycles. The van der Waals surface area contributed by atoms with Crippen LogP contribution in [-0.4, -0.2) is 11.5 Å². The third kappa shape index (κ3) is 2.27. The van der Waals surface area contributed by atoms with E-state index >= 15 is 0 Å². The Bertz CT molecular complexity index is 621. The van der Waals surface area contributed by atoms with Gasteiger partial charge in [-0.25, -0.2) is 13.8 Å². The lowest BCUT2D eigenvalue weighted by Crippen LogP contribution is -2.08. The molecule has 2 rings (SSSR count). The van der Waals surface area contributed by atoms with Crippen molar-refractivity contribution in [2.24, 2.45) is 0 Å².